The molecule has 0 spiro atoms. The highest BCUT2D eigenvalue weighted by atomic mass is 32.1. The Bertz CT molecular complexity index is 859. The number of hydrogen-bond acceptors (Lipinski definition) is 3. The van der Waals surface area contributed by atoms with E-state index in [1.165, 1.54) is 10.5 Å². The molecule has 4 rings (SSSR count). The molecule has 1 aromatic carbocycles. The van der Waals surface area contributed by atoms with Gasteiger partial charge in [-0.15, -0.1) is 11.3 Å². The minimum absolute atomic E-state index is 0.159. The van der Waals surface area contributed by atoms with Crippen LogP contribution in [0.2, 0.25) is 0 Å². The van der Waals surface area contributed by atoms with E-state index >= 15 is 0 Å². The number of rotatable bonds is 2. The maximum Gasteiger partial charge on any atom is 0.127 e. The van der Waals surface area contributed by atoms with E-state index in [4.69, 9.17) is 4.74 Å². The number of phenols is 1. The second-order valence-electron chi connectivity index (χ2n) is 8.92. The van der Waals surface area contributed by atoms with Crippen molar-refractivity contribution in [2.75, 3.05) is 0 Å². The molecule has 2 nitrogen and oxygen atoms in total. The molecule has 0 radical (unpaired) electrons. The highest BCUT2D eigenvalue weighted by Crippen LogP contribution is 2.55. The van der Waals surface area contributed by atoms with E-state index < -0.39 is 0 Å². The number of phenolic OH excluding ortho intramolecular Hbond substituents is 1. The molecular formula is C23H28O2S. The molecule has 0 amide bonds. The molecule has 1 aromatic heterocycles. The summed E-state index contributed by atoms with van der Waals surface area (Å²) in [6.07, 6.45) is 4.36. The second-order valence-corrected chi connectivity index (χ2v) is 9.87. The van der Waals surface area contributed by atoms with Crippen molar-refractivity contribution in [1.29, 1.82) is 0 Å². The van der Waals surface area contributed by atoms with Gasteiger partial charge in [0, 0.05) is 27.7 Å². The van der Waals surface area contributed by atoms with Crippen LogP contribution in [0.25, 0.3) is 0 Å². The minimum Gasteiger partial charge on any atom is -0.508 e. The summed E-state index contributed by atoms with van der Waals surface area (Å²) in [6, 6.07) is 8.38. The SMILES string of the molecule is CC1=CCC2C(C1)c1c(O)cc(C(C)(C)c3cccs3)cc1OC2(C)C. The van der Waals surface area contributed by atoms with Crippen molar-refractivity contribution in [3.63, 3.8) is 0 Å². The molecule has 3 heteroatoms. The molecule has 1 aliphatic carbocycles. The lowest BCUT2D eigenvalue weighted by atomic mass is 9.66. The van der Waals surface area contributed by atoms with Gasteiger partial charge in [-0.25, -0.2) is 0 Å². The highest BCUT2D eigenvalue weighted by Gasteiger charge is 2.46. The number of ether oxygens (including phenoxy) is 1. The lowest BCUT2D eigenvalue weighted by Crippen LogP contribution is -2.45. The van der Waals surface area contributed by atoms with Gasteiger partial charge in [0.05, 0.1) is 0 Å². The zero-order chi connectivity index (χ0) is 18.7. The summed E-state index contributed by atoms with van der Waals surface area (Å²) in [5, 5.41) is 13.1. The molecule has 0 fully saturated rings. The van der Waals surface area contributed by atoms with Crippen molar-refractivity contribution < 1.29 is 9.84 Å². The second kappa shape index (κ2) is 5.88. The molecule has 2 heterocycles. The molecule has 26 heavy (non-hydrogen) atoms. The van der Waals surface area contributed by atoms with E-state index in [9.17, 15) is 5.11 Å². The number of allylic oxidation sites excluding steroid dienone is 2. The summed E-state index contributed by atoms with van der Waals surface area (Å²) in [5.41, 5.74) is 3.14. The van der Waals surface area contributed by atoms with Crippen molar-refractivity contribution in [1.82, 2.24) is 0 Å². The quantitative estimate of drug-likeness (QED) is 0.622. The van der Waals surface area contributed by atoms with Crippen LogP contribution in [0.1, 0.15) is 69.4 Å². The zero-order valence-corrected chi connectivity index (χ0v) is 17.1. The first-order chi connectivity index (χ1) is 12.2. The number of fused-ring (bicyclic) bond motifs is 3. The van der Waals surface area contributed by atoms with Gasteiger partial charge in [-0.05, 0) is 62.8 Å². The highest BCUT2D eigenvalue weighted by molar-refractivity contribution is 7.10. The summed E-state index contributed by atoms with van der Waals surface area (Å²) in [7, 11) is 0. The van der Waals surface area contributed by atoms with Crippen molar-refractivity contribution in [3.8, 4) is 11.5 Å². The summed E-state index contributed by atoms with van der Waals surface area (Å²) in [4.78, 5) is 1.29. The standard InChI is InChI=1S/C23H28O2S/c1-14-8-9-17-16(11-14)21-18(24)12-15(13-19(21)25-23(17,4)5)22(2,3)20-7-6-10-26-20/h6-8,10,12-13,16-17,24H,9,11H2,1-5H3. The van der Waals surface area contributed by atoms with E-state index in [1.54, 1.807) is 11.3 Å². The zero-order valence-electron chi connectivity index (χ0n) is 16.3. The molecular weight excluding hydrogens is 340 g/mol. The Kier molecular flexibility index (Phi) is 4.00. The third-order valence-corrected chi connectivity index (χ3v) is 7.56. The van der Waals surface area contributed by atoms with E-state index in [1.807, 2.05) is 6.07 Å². The fourth-order valence-corrected chi connectivity index (χ4v) is 5.58. The largest absolute Gasteiger partial charge is 0.508 e. The summed E-state index contributed by atoms with van der Waals surface area (Å²) >= 11 is 1.76. The lowest BCUT2D eigenvalue weighted by Gasteiger charge is -2.47. The van der Waals surface area contributed by atoms with Crippen LogP contribution in [0.3, 0.4) is 0 Å². The molecule has 0 saturated carbocycles. The van der Waals surface area contributed by atoms with Crippen molar-refractivity contribution >= 4 is 11.3 Å². The van der Waals surface area contributed by atoms with Gasteiger partial charge in [0.1, 0.15) is 17.1 Å². The minimum atomic E-state index is -0.229. The molecule has 2 unspecified atom stereocenters. The van der Waals surface area contributed by atoms with Gasteiger partial charge in [0.15, 0.2) is 0 Å². The average molecular weight is 369 g/mol. The molecule has 0 bridgehead atoms. The Morgan fingerprint density at radius 2 is 2.04 bits per heavy atom. The first-order valence-electron chi connectivity index (χ1n) is 9.46. The van der Waals surface area contributed by atoms with Crippen LogP contribution >= 0.6 is 11.3 Å². The van der Waals surface area contributed by atoms with Crippen molar-refractivity contribution in [2.24, 2.45) is 5.92 Å². The normalized spacial score (nSPS) is 24.3. The molecule has 1 N–H and O–H groups in total. The van der Waals surface area contributed by atoms with Crippen LogP contribution in [-0.4, -0.2) is 10.7 Å². The predicted molar refractivity (Wildman–Crippen MR) is 108 cm³/mol. The van der Waals surface area contributed by atoms with Gasteiger partial charge < -0.3 is 9.84 Å². The lowest BCUT2D eigenvalue weighted by molar-refractivity contribution is 0.00745. The van der Waals surface area contributed by atoms with Gasteiger partial charge in [0.2, 0.25) is 0 Å². The third kappa shape index (κ3) is 2.68. The molecule has 2 aromatic rings. The van der Waals surface area contributed by atoms with E-state index in [-0.39, 0.29) is 11.0 Å². The Balaban J connectivity index is 1.84. The van der Waals surface area contributed by atoms with Gasteiger partial charge in [-0.3, -0.25) is 0 Å². The number of hydrogen-bond donors (Lipinski definition) is 1. The molecule has 2 atom stereocenters. The Morgan fingerprint density at radius 3 is 2.73 bits per heavy atom. The summed E-state index contributed by atoms with van der Waals surface area (Å²) in [5.74, 6) is 1.99. The summed E-state index contributed by atoms with van der Waals surface area (Å²) < 4.78 is 6.47. The van der Waals surface area contributed by atoms with Crippen molar-refractivity contribution in [2.45, 2.75) is 64.4 Å². The first-order valence-corrected chi connectivity index (χ1v) is 10.3. The smallest absolute Gasteiger partial charge is 0.127 e. The van der Waals surface area contributed by atoms with Crippen molar-refractivity contribution in [3.05, 3.63) is 57.3 Å². The van der Waals surface area contributed by atoms with Crippen LogP contribution in [0, 0.1) is 5.92 Å². The van der Waals surface area contributed by atoms with E-state index in [0.717, 1.165) is 29.7 Å². The van der Waals surface area contributed by atoms with E-state index in [2.05, 4.69) is 64.3 Å². The Hall–Kier alpha value is -1.74. The van der Waals surface area contributed by atoms with Gasteiger partial charge in [0.25, 0.3) is 0 Å². The Morgan fingerprint density at radius 1 is 1.27 bits per heavy atom. The van der Waals surface area contributed by atoms with Crippen LogP contribution in [-0.2, 0) is 5.41 Å². The molecule has 1 aliphatic heterocycles. The van der Waals surface area contributed by atoms with Gasteiger partial charge >= 0.3 is 0 Å². The van der Waals surface area contributed by atoms with Crippen LogP contribution in [0.5, 0.6) is 11.5 Å². The maximum absolute atomic E-state index is 11.0. The topological polar surface area (TPSA) is 29.5 Å². The van der Waals surface area contributed by atoms with Crippen LogP contribution in [0.4, 0.5) is 0 Å². The van der Waals surface area contributed by atoms with Crippen LogP contribution in [0.15, 0.2) is 41.3 Å². The van der Waals surface area contributed by atoms with Gasteiger partial charge in [-0.2, -0.15) is 0 Å². The molecule has 138 valence electrons. The Labute approximate surface area is 160 Å². The fraction of sp³-hybridized carbons (Fsp3) is 0.478. The van der Waals surface area contributed by atoms with Gasteiger partial charge in [-0.1, -0.05) is 31.6 Å². The number of thiophene rings is 1. The average Bonchev–Trinajstić information content (AvgIpc) is 3.08. The maximum atomic E-state index is 11.0. The van der Waals surface area contributed by atoms with Crippen LogP contribution < -0.4 is 4.74 Å². The molecule has 0 saturated heterocycles. The van der Waals surface area contributed by atoms with E-state index in [0.29, 0.717) is 17.6 Å². The summed E-state index contributed by atoms with van der Waals surface area (Å²) in [6.45, 7) is 11.0. The predicted octanol–water partition coefficient (Wildman–Crippen LogP) is 6.39. The number of aromatic hydroxyl groups is 1. The number of benzene rings is 1. The monoisotopic (exact) mass is 368 g/mol. The molecule has 2 aliphatic rings. The third-order valence-electron chi connectivity index (χ3n) is 6.36. The fourth-order valence-electron chi connectivity index (χ4n) is 4.70. The first kappa shape index (κ1) is 17.7.